The number of aliphatic hydroxyl groups excluding tert-OH is 1. The van der Waals surface area contributed by atoms with Gasteiger partial charge in [0.05, 0.1) is 23.7 Å². The average molecular weight is 646 g/mol. The van der Waals surface area contributed by atoms with E-state index in [2.05, 4.69) is 44.7 Å². The van der Waals surface area contributed by atoms with Crippen LogP contribution in [0.15, 0.2) is 23.3 Å². The third kappa shape index (κ3) is 3.87. The number of aliphatic hydroxyl groups is 2. The highest BCUT2D eigenvalue weighted by atomic mass is 16.6. The second-order valence-electron chi connectivity index (χ2n) is 20.1. The van der Waals surface area contributed by atoms with E-state index >= 15 is 4.79 Å². The maximum Gasteiger partial charge on any atom is 0.313 e. The number of fused-ring (bicyclic) bond motifs is 7. The number of allylic oxidation sites excluding steroid dienone is 3. The van der Waals surface area contributed by atoms with Gasteiger partial charge in [-0.15, -0.1) is 0 Å². The lowest BCUT2D eigenvalue weighted by Crippen LogP contribution is -2.63. The van der Waals surface area contributed by atoms with Gasteiger partial charge in [-0.2, -0.15) is 0 Å². The molecule has 0 aromatic rings. The van der Waals surface area contributed by atoms with Crippen LogP contribution >= 0.6 is 0 Å². The van der Waals surface area contributed by atoms with Gasteiger partial charge in [-0.05, 0) is 144 Å². The summed E-state index contributed by atoms with van der Waals surface area (Å²) in [5.74, 6) is 2.83. The van der Waals surface area contributed by atoms with Crippen LogP contribution in [0.3, 0.4) is 0 Å². The fraction of sp³-hybridized carbons (Fsp3) is 0.854. The van der Waals surface area contributed by atoms with E-state index in [4.69, 9.17) is 4.74 Å². The molecule has 6 nitrogen and oxygen atoms in total. The number of esters is 1. The van der Waals surface area contributed by atoms with E-state index < -0.39 is 22.0 Å². The second-order valence-corrected chi connectivity index (χ2v) is 20.1. The Morgan fingerprint density at radius 2 is 1.51 bits per heavy atom. The summed E-state index contributed by atoms with van der Waals surface area (Å²) in [7, 11) is 0. The van der Waals surface area contributed by atoms with Gasteiger partial charge in [0.1, 0.15) is 0 Å². The largest absolute Gasteiger partial charge is 0.448 e. The molecule has 0 spiro atoms. The fourth-order valence-corrected chi connectivity index (χ4v) is 14.7. The molecular weight excluding hydrogens is 586 g/mol. The van der Waals surface area contributed by atoms with Crippen molar-refractivity contribution in [3.8, 4) is 0 Å². The van der Waals surface area contributed by atoms with E-state index in [1.54, 1.807) is 0 Å². The SMILES string of the molecule is CC1(C)[C@@]2(C)CC[C@]1(C(=O)N(CC13CC4CC(CC(C4)C1)C3)C[C@]1(O)CC[C@H]3C4=CC=C5C[C@@H](O)CC[C@]5(C)[C@H]4CC[C@@]31C)OC2=O. The van der Waals surface area contributed by atoms with Crippen LogP contribution in [0.1, 0.15) is 131 Å². The quantitative estimate of drug-likeness (QED) is 0.311. The van der Waals surface area contributed by atoms with E-state index in [0.717, 1.165) is 56.3 Å². The predicted octanol–water partition coefficient (Wildman–Crippen LogP) is 7.13. The number of hydrogen-bond acceptors (Lipinski definition) is 5. The molecule has 10 rings (SSSR count). The molecule has 1 saturated heterocycles. The fourth-order valence-electron chi connectivity index (χ4n) is 14.7. The summed E-state index contributed by atoms with van der Waals surface area (Å²) in [5.41, 5.74) is -0.598. The van der Waals surface area contributed by atoms with Gasteiger partial charge in [0.15, 0.2) is 5.60 Å². The molecule has 258 valence electrons. The van der Waals surface area contributed by atoms with Crippen LogP contribution in [0.5, 0.6) is 0 Å². The molecule has 47 heavy (non-hydrogen) atoms. The number of nitrogens with zero attached hydrogens (tertiary/aromatic N) is 1. The molecule has 2 N–H and O–H groups in total. The molecule has 0 unspecified atom stereocenters. The molecule has 8 saturated carbocycles. The van der Waals surface area contributed by atoms with Gasteiger partial charge in [0, 0.05) is 17.4 Å². The Morgan fingerprint density at radius 3 is 2.13 bits per heavy atom. The molecule has 9 fully saturated rings. The highest BCUT2D eigenvalue weighted by Crippen LogP contribution is 2.69. The molecule has 6 heteroatoms. The summed E-state index contributed by atoms with van der Waals surface area (Å²) in [6.45, 7) is 12.0. The summed E-state index contributed by atoms with van der Waals surface area (Å²) >= 11 is 0. The van der Waals surface area contributed by atoms with Crippen molar-refractivity contribution in [2.45, 2.75) is 148 Å². The molecule has 8 atom stereocenters. The zero-order valence-corrected chi connectivity index (χ0v) is 29.7. The maximum absolute atomic E-state index is 15.3. The highest BCUT2D eigenvalue weighted by molar-refractivity contribution is 5.96. The third-order valence-corrected chi connectivity index (χ3v) is 17.7. The van der Waals surface area contributed by atoms with E-state index in [0.29, 0.717) is 38.3 Å². The Bertz CT molecular complexity index is 1440. The summed E-state index contributed by atoms with van der Waals surface area (Å²) in [6.07, 6.45) is 19.7. The molecule has 0 radical (unpaired) electrons. The lowest BCUT2D eigenvalue weighted by Gasteiger charge is -2.59. The first kappa shape index (κ1) is 31.3. The van der Waals surface area contributed by atoms with Gasteiger partial charge in [0.2, 0.25) is 0 Å². The lowest BCUT2D eigenvalue weighted by atomic mass is 9.49. The van der Waals surface area contributed by atoms with Crippen molar-refractivity contribution >= 4 is 11.9 Å². The molecule has 0 aromatic carbocycles. The van der Waals surface area contributed by atoms with Crippen molar-refractivity contribution in [3.63, 3.8) is 0 Å². The number of amides is 1. The van der Waals surface area contributed by atoms with Gasteiger partial charge in [-0.1, -0.05) is 51.0 Å². The van der Waals surface area contributed by atoms with E-state index in [1.807, 2.05) is 6.92 Å². The number of ether oxygens (including phenoxy) is 1. The summed E-state index contributed by atoms with van der Waals surface area (Å²) < 4.78 is 6.25. The molecule has 9 aliphatic carbocycles. The minimum Gasteiger partial charge on any atom is -0.448 e. The first-order chi connectivity index (χ1) is 22.1. The van der Waals surface area contributed by atoms with E-state index in [9.17, 15) is 15.0 Å². The van der Waals surface area contributed by atoms with Crippen molar-refractivity contribution in [2.24, 2.45) is 56.7 Å². The lowest BCUT2D eigenvalue weighted by molar-refractivity contribution is -0.182. The van der Waals surface area contributed by atoms with Crippen LogP contribution in [-0.2, 0) is 14.3 Å². The summed E-state index contributed by atoms with van der Waals surface area (Å²) in [5, 5.41) is 23.5. The third-order valence-electron chi connectivity index (χ3n) is 17.7. The Morgan fingerprint density at radius 1 is 0.851 bits per heavy atom. The maximum atomic E-state index is 15.3. The van der Waals surface area contributed by atoms with Crippen LogP contribution in [0.2, 0.25) is 0 Å². The van der Waals surface area contributed by atoms with Crippen molar-refractivity contribution in [1.29, 1.82) is 0 Å². The zero-order valence-electron chi connectivity index (χ0n) is 29.7. The molecule has 1 amide bonds. The molecule has 0 aromatic heterocycles. The van der Waals surface area contributed by atoms with Crippen LogP contribution in [0.4, 0.5) is 0 Å². The van der Waals surface area contributed by atoms with Gasteiger partial charge in [0.25, 0.3) is 5.91 Å². The monoisotopic (exact) mass is 645 g/mol. The number of carbonyl (C=O) groups is 2. The average Bonchev–Trinajstić information content (AvgIpc) is 3.44. The number of hydrogen-bond donors (Lipinski definition) is 2. The van der Waals surface area contributed by atoms with Crippen LogP contribution in [0, 0.1) is 56.7 Å². The van der Waals surface area contributed by atoms with Gasteiger partial charge in [-0.3, -0.25) is 9.59 Å². The highest BCUT2D eigenvalue weighted by Gasteiger charge is 2.77. The molecule has 10 aliphatic rings. The van der Waals surface area contributed by atoms with E-state index in [1.165, 1.54) is 49.7 Å². The normalized spacial score (nSPS) is 53.1. The minimum absolute atomic E-state index is 0.0280. The van der Waals surface area contributed by atoms with Gasteiger partial charge >= 0.3 is 5.97 Å². The minimum atomic E-state index is -1.15. The Balaban J connectivity index is 1.06. The smallest absolute Gasteiger partial charge is 0.313 e. The summed E-state index contributed by atoms with van der Waals surface area (Å²) in [6, 6.07) is 0. The Kier molecular flexibility index (Phi) is 6.37. The van der Waals surface area contributed by atoms with Gasteiger partial charge in [-0.25, -0.2) is 0 Å². The first-order valence-electron chi connectivity index (χ1n) is 19.4. The first-order valence-corrected chi connectivity index (χ1v) is 19.4. The van der Waals surface area contributed by atoms with Crippen LogP contribution in [0.25, 0.3) is 0 Å². The second kappa shape index (κ2) is 9.56. The topological polar surface area (TPSA) is 87.1 Å². The Labute approximate surface area is 282 Å². The van der Waals surface area contributed by atoms with Crippen molar-refractivity contribution in [2.75, 3.05) is 13.1 Å². The Hall–Kier alpha value is -1.66. The molecule has 6 bridgehead atoms. The summed E-state index contributed by atoms with van der Waals surface area (Å²) in [4.78, 5) is 30.8. The zero-order chi connectivity index (χ0) is 33.0. The molecular formula is C41H59NO5. The van der Waals surface area contributed by atoms with Crippen LogP contribution in [-0.4, -0.2) is 57.4 Å². The standard InChI is InChI=1S/C41H59NO5/c1-35(2)38(5)14-15-41(35,47-34(38)45)33(44)42(23-39-20-25-16-26(21-39)18-27(17-25)22-39)24-40(46)13-10-32-30-7-6-28-19-29(43)8-11-36(28,3)31(30)9-12-37(32,40)4/h6-7,25-27,29,31-32,43,46H,8-24H2,1-5H3/t25?,26?,27?,29-,31-,32-,36-,37-,38-,39?,40+,41+/m0/s1. The predicted molar refractivity (Wildman–Crippen MR) is 180 cm³/mol. The van der Waals surface area contributed by atoms with Crippen molar-refractivity contribution < 1.29 is 24.5 Å². The molecule has 1 heterocycles. The number of carbonyl (C=O) groups excluding carboxylic acids is 2. The van der Waals surface area contributed by atoms with Crippen molar-refractivity contribution in [1.82, 2.24) is 4.90 Å². The van der Waals surface area contributed by atoms with Crippen LogP contribution < -0.4 is 0 Å². The van der Waals surface area contributed by atoms with Gasteiger partial charge < -0.3 is 19.8 Å². The van der Waals surface area contributed by atoms with E-state index in [-0.39, 0.29) is 40.1 Å². The number of rotatable bonds is 5. The van der Waals surface area contributed by atoms with Crippen molar-refractivity contribution in [3.05, 3.63) is 23.3 Å². The molecule has 1 aliphatic heterocycles.